The first kappa shape index (κ1) is 17.3. The van der Waals surface area contributed by atoms with Gasteiger partial charge in [-0.3, -0.25) is 20.4 Å². The monoisotopic (exact) mass is 376 g/mol. The molecule has 0 aliphatic heterocycles. The van der Waals surface area contributed by atoms with Crippen LogP contribution in [0.1, 0.15) is 11.4 Å². The number of aromatic nitrogens is 2. The zero-order valence-electron chi connectivity index (χ0n) is 13.0. The molecule has 0 fully saturated rings. The zero-order chi connectivity index (χ0) is 17.8. The fraction of sp³-hybridized carbons (Fsp3) is 0.118. The molecule has 6 nitrogen and oxygen atoms in total. The van der Waals surface area contributed by atoms with Gasteiger partial charge in [-0.2, -0.15) is 0 Å². The molecule has 3 N–H and O–H groups in total. The van der Waals surface area contributed by atoms with Crippen molar-refractivity contribution in [3.63, 3.8) is 0 Å². The maximum absolute atomic E-state index is 11.9. The second kappa shape index (κ2) is 7.55. The Balaban J connectivity index is 1.54. The van der Waals surface area contributed by atoms with Gasteiger partial charge in [0.25, 0.3) is 0 Å². The van der Waals surface area contributed by atoms with Crippen LogP contribution in [0.2, 0.25) is 10.0 Å². The normalized spacial score (nSPS) is 10.6. The maximum atomic E-state index is 11.9. The predicted molar refractivity (Wildman–Crippen MR) is 96.2 cm³/mol. The standard InChI is InChI=1S/C17H14Cl2N4O2/c18-11-4-3-5-12(19)10(11)8-16(24)22-23-17(25)9-15-20-13-6-1-2-7-14(13)21-15/h1-7H,8-9H2,(H,20,21)(H,22,24)(H,23,25). The zero-order valence-corrected chi connectivity index (χ0v) is 14.5. The molecule has 2 aromatic carbocycles. The lowest BCUT2D eigenvalue weighted by atomic mass is 10.1. The number of hydrogen-bond donors (Lipinski definition) is 3. The molecule has 0 bridgehead atoms. The van der Waals surface area contributed by atoms with Crippen LogP contribution in [0.3, 0.4) is 0 Å². The molecule has 25 heavy (non-hydrogen) atoms. The van der Waals surface area contributed by atoms with Crippen LogP contribution in [-0.4, -0.2) is 21.8 Å². The van der Waals surface area contributed by atoms with E-state index in [1.54, 1.807) is 18.2 Å². The number of hydrogen-bond acceptors (Lipinski definition) is 3. The number of para-hydroxylation sites is 2. The van der Waals surface area contributed by atoms with Gasteiger partial charge in [-0.05, 0) is 29.8 Å². The second-order valence-electron chi connectivity index (χ2n) is 5.35. The number of nitrogens with one attached hydrogen (secondary N) is 3. The van der Waals surface area contributed by atoms with E-state index < -0.39 is 11.8 Å². The molecule has 0 atom stereocenters. The van der Waals surface area contributed by atoms with Crippen LogP contribution in [-0.2, 0) is 22.4 Å². The molecule has 3 aromatic rings. The number of H-pyrrole nitrogens is 1. The van der Waals surface area contributed by atoms with Crippen molar-refractivity contribution in [2.45, 2.75) is 12.8 Å². The molecule has 0 saturated heterocycles. The third-order valence-electron chi connectivity index (χ3n) is 3.51. The number of amides is 2. The summed E-state index contributed by atoms with van der Waals surface area (Å²) in [5.41, 5.74) is 6.83. The first-order valence-corrected chi connectivity index (χ1v) is 8.22. The van der Waals surface area contributed by atoms with Crippen LogP contribution in [0.25, 0.3) is 11.0 Å². The summed E-state index contributed by atoms with van der Waals surface area (Å²) < 4.78 is 0. The molecule has 0 radical (unpaired) electrons. The summed E-state index contributed by atoms with van der Waals surface area (Å²) in [6.45, 7) is 0. The minimum absolute atomic E-state index is 0.0157. The van der Waals surface area contributed by atoms with Crippen molar-refractivity contribution in [1.29, 1.82) is 0 Å². The van der Waals surface area contributed by atoms with Gasteiger partial charge in [0.2, 0.25) is 11.8 Å². The number of halogens is 2. The SMILES string of the molecule is O=C(Cc1nc2ccccc2[nH]1)NNC(=O)Cc1c(Cl)cccc1Cl. The number of fused-ring (bicyclic) bond motifs is 1. The van der Waals surface area contributed by atoms with Crippen molar-refractivity contribution < 1.29 is 9.59 Å². The highest BCUT2D eigenvalue weighted by atomic mass is 35.5. The number of nitrogens with zero attached hydrogens (tertiary/aromatic N) is 1. The number of rotatable bonds is 4. The van der Waals surface area contributed by atoms with Crippen LogP contribution in [0.15, 0.2) is 42.5 Å². The molecular formula is C17H14Cl2N4O2. The van der Waals surface area contributed by atoms with Crippen molar-refractivity contribution in [3.8, 4) is 0 Å². The van der Waals surface area contributed by atoms with Crippen molar-refractivity contribution in [3.05, 3.63) is 63.9 Å². The molecule has 1 heterocycles. The molecule has 0 spiro atoms. The predicted octanol–water partition coefficient (Wildman–Crippen LogP) is 2.80. The van der Waals surface area contributed by atoms with Crippen LogP contribution in [0, 0.1) is 0 Å². The van der Waals surface area contributed by atoms with Gasteiger partial charge in [0.1, 0.15) is 5.82 Å². The molecule has 2 amide bonds. The molecule has 0 aliphatic carbocycles. The molecule has 3 rings (SSSR count). The average Bonchev–Trinajstić information content (AvgIpc) is 2.98. The third-order valence-corrected chi connectivity index (χ3v) is 4.22. The molecule has 0 unspecified atom stereocenters. The van der Waals surface area contributed by atoms with E-state index in [0.29, 0.717) is 21.4 Å². The van der Waals surface area contributed by atoms with E-state index >= 15 is 0 Å². The van der Waals surface area contributed by atoms with Gasteiger partial charge in [-0.15, -0.1) is 0 Å². The summed E-state index contributed by atoms with van der Waals surface area (Å²) >= 11 is 12.0. The Morgan fingerprint density at radius 2 is 1.56 bits per heavy atom. The van der Waals surface area contributed by atoms with Crippen LogP contribution < -0.4 is 10.9 Å². The average molecular weight is 377 g/mol. The van der Waals surface area contributed by atoms with E-state index in [9.17, 15) is 9.59 Å². The quantitative estimate of drug-likeness (QED) is 0.611. The first-order chi connectivity index (χ1) is 12.0. The molecule has 0 aliphatic rings. The summed E-state index contributed by atoms with van der Waals surface area (Å²) in [6.07, 6.45) is -0.0226. The number of benzene rings is 2. The smallest absolute Gasteiger partial charge is 0.245 e. The van der Waals surface area contributed by atoms with Crippen LogP contribution in [0.4, 0.5) is 0 Å². The van der Waals surface area contributed by atoms with Gasteiger partial charge in [0, 0.05) is 10.0 Å². The maximum Gasteiger partial charge on any atom is 0.245 e. The minimum Gasteiger partial charge on any atom is -0.342 e. The fourth-order valence-electron chi connectivity index (χ4n) is 2.33. The number of carbonyl (C=O) groups is 2. The van der Waals surface area contributed by atoms with Gasteiger partial charge >= 0.3 is 0 Å². The Labute approximate surface area is 153 Å². The summed E-state index contributed by atoms with van der Waals surface area (Å²) in [7, 11) is 0. The van der Waals surface area contributed by atoms with E-state index in [1.807, 2.05) is 24.3 Å². The summed E-state index contributed by atoms with van der Waals surface area (Å²) in [5, 5.41) is 0.799. The molecule has 0 saturated carbocycles. The number of imidazole rings is 1. The lowest BCUT2D eigenvalue weighted by Gasteiger charge is -2.09. The summed E-state index contributed by atoms with van der Waals surface area (Å²) in [4.78, 5) is 31.2. The van der Waals surface area contributed by atoms with E-state index in [4.69, 9.17) is 23.2 Å². The van der Waals surface area contributed by atoms with Gasteiger partial charge < -0.3 is 4.98 Å². The highest BCUT2D eigenvalue weighted by Gasteiger charge is 2.12. The second-order valence-corrected chi connectivity index (χ2v) is 6.17. The Bertz CT molecular complexity index is 886. The van der Waals surface area contributed by atoms with Crippen molar-refractivity contribution >= 4 is 46.0 Å². The largest absolute Gasteiger partial charge is 0.342 e. The topological polar surface area (TPSA) is 86.9 Å². The highest BCUT2D eigenvalue weighted by molar-refractivity contribution is 6.36. The van der Waals surface area contributed by atoms with Crippen molar-refractivity contribution in [2.24, 2.45) is 0 Å². The Morgan fingerprint density at radius 3 is 2.24 bits per heavy atom. The van der Waals surface area contributed by atoms with Gasteiger partial charge in [0.15, 0.2) is 0 Å². The lowest BCUT2D eigenvalue weighted by molar-refractivity contribution is -0.128. The van der Waals surface area contributed by atoms with Crippen LogP contribution >= 0.6 is 23.2 Å². The lowest BCUT2D eigenvalue weighted by Crippen LogP contribution is -2.43. The number of hydrazine groups is 1. The highest BCUT2D eigenvalue weighted by Crippen LogP contribution is 2.24. The fourth-order valence-corrected chi connectivity index (χ4v) is 2.86. The van der Waals surface area contributed by atoms with E-state index in [2.05, 4.69) is 20.8 Å². The molecular weight excluding hydrogens is 363 g/mol. The van der Waals surface area contributed by atoms with Crippen molar-refractivity contribution in [1.82, 2.24) is 20.8 Å². The Kier molecular flexibility index (Phi) is 5.21. The minimum atomic E-state index is -0.423. The Morgan fingerprint density at radius 1 is 0.920 bits per heavy atom. The number of carbonyl (C=O) groups excluding carboxylic acids is 2. The third kappa shape index (κ3) is 4.29. The first-order valence-electron chi connectivity index (χ1n) is 7.47. The van der Waals surface area contributed by atoms with E-state index in [-0.39, 0.29) is 12.8 Å². The van der Waals surface area contributed by atoms with E-state index in [1.165, 1.54) is 0 Å². The Hall–Kier alpha value is -2.57. The van der Waals surface area contributed by atoms with Crippen molar-refractivity contribution in [2.75, 3.05) is 0 Å². The molecule has 8 heteroatoms. The molecule has 1 aromatic heterocycles. The van der Waals surface area contributed by atoms with Crippen LogP contribution in [0.5, 0.6) is 0 Å². The van der Waals surface area contributed by atoms with Gasteiger partial charge in [-0.25, -0.2) is 4.98 Å². The summed E-state index contributed by atoms with van der Waals surface area (Å²) in [6, 6.07) is 12.5. The summed E-state index contributed by atoms with van der Waals surface area (Å²) in [5.74, 6) is -0.298. The van der Waals surface area contributed by atoms with Gasteiger partial charge in [-0.1, -0.05) is 41.4 Å². The van der Waals surface area contributed by atoms with Gasteiger partial charge in [0.05, 0.1) is 23.9 Å². The molecule has 128 valence electrons. The number of aromatic amines is 1. The van der Waals surface area contributed by atoms with E-state index in [0.717, 1.165) is 11.0 Å².